The number of esters is 1. The molecule has 0 aliphatic heterocycles. The van der Waals surface area contributed by atoms with Gasteiger partial charge in [0, 0.05) is 12.3 Å². The van der Waals surface area contributed by atoms with Crippen molar-refractivity contribution in [2.75, 3.05) is 7.11 Å². The molecule has 0 spiro atoms. The average Bonchev–Trinajstić information content (AvgIpc) is 2.51. The smallest absolute Gasteiger partial charge is 0.417 e. The Morgan fingerprint density at radius 2 is 1.96 bits per heavy atom. The second-order valence-electron chi connectivity index (χ2n) is 4.86. The van der Waals surface area contributed by atoms with Crippen LogP contribution in [0.5, 0.6) is 0 Å². The van der Waals surface area contributed by atoms with Crippen molar-refractivity contribution in [3.63, 3.8) is 0 Å². The van der Waals surface area contributed by atoms with Crippen LogP contribution in [0.1, 0.15) is 29.3 Å². The fourth-order valence-electron chi connectivity index (χ4n) is 1.97. The number of methoxy groups -OCH3 is 1. The molecule has 0 aliphatic rings. The molecule has 0 heterocycles. The molecule has 0 aliphatic carbocycles. The second kappa shape index (κ2) is 7.63. The zero-order valence-electron chi connectivity index (χ0n) is 12.5. The van der Waals surface area contributed by atoms with E-state index in [0.717, 1.165) is 25.3 Å². The number of benzene rings is 1. The fraction of sp³-hybridized carbons (Fsp3) is 0.400. The molecule has 0 bridgehead atoms. The summed E-state index contributed by atoms with van der Waals surface area (Å²) in [5.74, 6) is -2.50. The lowest BCUT2D eigenvalue weighted by atomic mass is 9.98. The van der Waals surface area contributed by atoms with Crippen molar-refractivity contribution in [2.45, 2.75) is 25.6 Å². The summed E-state index contributed by atoms with van der Waals surface area (Å²) >= 11 is 0. The summed E-state index contributed by atoms with van der Waals surface area (Å²) in [5.41, 5.74) is -1.70. The van der Waals surface area contributed by atoms with Crippen LogP contribution in [0, 0.1) is 17.2 Å². The number of carbonyl (C=O) groups is 2. The molecule has 1 amide bonds. The largest absolute Gasteiger partial charge is 0.467 e. The summed E-state index contributed by atoms with van der Waals surface area (Å²) < 4.78 is 43.3. The van der Waals surface area contributed by atoms with Crippen LogP contribution in [0.15, 0.2) is 24.3 Å². The van der Waals surface area contributed by atoms with E-state index >= 15 is 0 Å². The summed E-state index contributed by atoms with van der Waals surface area (Å²) in [6.45, 7) is 1.51. The molecule has 23 heavy (non-hydrogen) atoms. The first-order valence-electron chi connectivity index (χ1n) is 6.64. The van der Waals surface area contributed by atoms with E-state index in [1.165, 1.54) is 13.0 Å². The molecule has 1 rings (SSSR count). The predicted molar refractivity (Wildman–Crippen MR) is 74.1 cm³/mol. The lowest BCUT2D eigenvalue weighted by molar-refractivity contribution is -0.144. The molecule has 124 valence electrons. The lowest BCUT2D eigenvalue weighted by Gasteiger charge is -2.22. The van der Waals surface area contributed by atoms with Gasteiger partial charge in [-0.2, -0.15) is 18.4 Å². The molecule has 0 radical (unpaired) electrons. The van der Waals surface area contributed by atoms with Crippen molar-refractivity contribution in [1.29, 1.82) is 5.26 Å². The van der Waals surface area contributed by atoms with Crippen molar-refractivity contribution in [3.8, 4) is 6.07 Å². The zero-order valence-corrected chi connectivity index (χ0v) is 12.5. The van der Waals surface area contributed by atoms with E-state index < -0.39 is 41.1 Å². The maximum Gasteiger partial charge on any atom is 0.417 e. The number of nitrogens with one attached hydrogen (secondary N) is 1. The molecule has 0 saturated heterocycles. The fourth-order valence-corrected chi connectivity index (χ4v) is 1.97. The molecule has 0 fully saturated rings. The Morgan fingerprint density at radius 1 is 1.35 bits per heavy atom. The topological polar surface area (TPSA) is 79.2 Å². The van der Waals surface area contributed by atoms with E-state index in [4.69, 9.17) is 5.26 Å². The molecule has 1 aromatic rings. The van der Waals surface area contributed by atoms with Gasteiger partial charge in [0.2, 0.25) is 0 Å². The van der Waals surface area contributed by atoms with Gasteiger partial charge in [-0.15, -0.1) is 0 Å². The standard InChI is InChI=1S/C15H15F3N2O3/c1-9(7-8-19)12(14(22)23-2)20-13(21)10-5-3-4-6-11(10)15(16,17)18/h3-6,9,12H,7H2,1-2H3,(H,20,21)/t9-,12+/m1/s1. The van der Waals surface area contributed by atoms with Crippen LogP contribution in [0.4, 0.5) is 13.2 Å². The van der Waals surface area contributed by atoms with Gasteiger partial charge in [-0.05, 0) is 12.1 Å². The molecule has 1 N–H and O–H groups in total. The maximum atomic E-state index is 12.9. The van der Waals surface area contributed by atoms with Gasteiger partial charge >= 0.3 is 12.1 Å². The normalized spacial score (nSPS) is 13.6. The van der Waals surface area contributed by atoms with E-state index in [9.17, 15) is 22.8 Å². The highest BCUT2D eigenvalue weighted by Gasteiger charge is 2.36. The molecule has 2 atom stereocenters. The summed E-state index contributed by atoms with van der Waals surface area (Å²) in [7, 11) is 1.09. The van der Waals surface area contributed by atoms with Crippen LogP contribution in [-0.2, 0) is 15.7 Å². The van der Waals surface area contributed by atoms with E-state index in [2.05, 4.69) is 10.1 Å². The monoisotopic (exact) mass is 328 g/mol. The molecule has 8 heteroatoms. The molecule has 0 saturated carbocycles. The quantitative estimate of drug-likeness (QED) is 0.843. The molecule has 0 unspecified atom stereocenters. The third-order valence-corrected chi connectivity index (χ3v) is 3.20. The number of nitrogens with zero attached hydrogens (tertiary/aromatic N) is 1. The number of ether oxygens (including phenoxy) is 1. The van der Waals surface area contributed by atoms with E-state index in [0.29, 0.717) is 0 Å². The van der Waals surface area contributed by atoms with Crippen LogP contribution in [-0.4, -0.2) is 25.0 Å². The highest BCUT2D eigenvalue weighted by Crippen LogP contribution is 2.31. The van der Waals surface area contributed by atoms with Crippen LogP contribution < -0.4 is 5.32 Å². The number of halogens is 3. The minimum Gasteiger partial charge on any atom is -0.467 e. The first-order chi connectivity index (χ1) is 10.7. The van der Waals surface area contributed by atoms with Gasteiger partial charge in [-0.25, -0.2) is 4.79 Å². The Labute approximate surface area is 131 Å². The SMILES string of the molecule is COC(=O)[C@@H](NC(=O)c1ccccc1C(F)(F)F)[C@H](C)CC#N. The third kappa shape index (κ3) is 4.71. The molecular weight excluding hydrogens is 313 g/mol. The Balaban J connectivity index is 3.10. The van der Waals surface area contributed by atoms with E-state index in [1.54, 1.807) is 0 Å². The van der Waals surface area contributed by atoms with Gasteiger partial charge < -0.3 is 10.1 Å². The zero-order chi connectivity index (χ0) is 17.6. The van der Waals surface area contributed by atoms with Gasteiger partial charge in [0.1, 0.15) is 6.04 Å². The molecule has 0 aromatic heterocycles. The average molecular weight is 328 g/mol. The van der Waals surface area contributed by atoms with Crippen molar-refractivity contribution in [1.82, 2.24) is 5.32 Å². The molecule has 5 nitrogen and oxygen atoms in total. The second-order valence-corrected chi connectivity index (χ2v) is 4.86. The van der Waals surface area contributed by atoms with Crippen LogP contribution >= 0.6 is 0 Å². The Hall–Kier alpha value is -2.56. The number of alkyl halides is 3. The van der Waals surface area contributed by atoms with Crippen molar-refractivity contribution < 1.29 is 27.5 Å². The first-order valence-corrected chi connectivity index (χ1v) is 6.64. The minimum absolute atomic E-state index is 0.0685. The number of carbonyl (C=O) groups excluding carboxylic acids is 2. The van der Waals surface area contributed by atoms with E-state index in [-0.39, 0.29) is 6.42 Å². The summed E-state index contributed by atoms with van der Waals surface area (Å²) in [5, 5.41) is 10.9. The third-order valence-electron chi connectivity index (χ3n) is 3.20. The first kappa shape index (κ1) is 18.5. The minimum atomic E-state index is -4.70. The Morgan fingerprint density at radius 3 is 2.48 bits per heavy atom. The van der Waals surface area contributed by atoms with Gasteiger partial charge in [-0.1, -0.05) is 19.1 Å². The van der Waals surface area contributed by atoms with Crippen molar-refractivity contribution in [2.24, 2.45) is 5.92 Å². The van der Waals surface area contributed by atoms with Crippen LogP contribution in [0.2, 0.25) is 0 Å². The van der Waals surface area contributed by atoms with Crippen LogP contribution in [0.25, 0.3) is 0 Å². The highest BCUT2D eigenvalue weighted by atomic mass is 19.4. The molecular formula is C15H15F3N2O3. The number of amides is 1. The predicted octanol–water partition coefficient (Wildman–Crippen LogP) is 2.53. The van der Waals surface area contributed by atoms with Crippen molar-refractivity contribution in [3.05, 3.63) is 35.4 Å². The van der Waals surface area contributed by atoms with Crippen molar-refractivity contribution >= 4 is 11.9 Å². The van der Waals surface area contributed by atoms with Gasteiger partial charge in [-0.3, -0.25) is 4.79 Å². The number of hydrogen-bond donors (Lipinski definition) is 1. The summed E-state index contributed by atoms with van der Waals surface area (Å²) in [4.78, 5) is 23.9. The lowest BCUT2D eigenvalue weighted by Crippen LogP contribution is -2.46. The van der Waals surface area contributed by atoms with Gasteiger partial charge in [0.25, 0.3) is 5.91 Å². The Kier molecular flexibility index (Phi) is 6.13. The molecule has 1 aromatic carbocycles. The van der Waals surface area contributed by atoms with Crippen LogP contribution in [0.3, 0.4) is 0 Å². The summed E-state index contributed by atoms with van der Waals surface area (Å²) in [6.07, 6.45) is -4.77. The van der Waals surface area contributed by atoms with E-state index in [1.807, 2.05) is 6.07 Å². The summed E-state index contributed by atoms with van der Waals surface area (Å²) in [6, 6.07) is 4.87. The van der Waals surface area contributed by atoms with Gasteiger partial charge in [0.05, 0.1) is 24.3 Å². The highest BCUT2D eigenvalue weighted by molar-refractivity contribution is 5.98. The Bertz CT molecular complexity index is 623. The van der Waals surface area contributed by atoms with Gasteiger partial charge in [0.15, 0.2) is 0 Å². The number of nitriles is 1. The number of hydrogen-bond acceptors (Lipinski definition) is 4. The maximum absolute atomic E-state index is 12.9. The number of rotatable bonds is 5.